The second-order valence-electron chi connectivity index (χ2n) is 8.71. The van der Waals surface area contributed by atoms with E-state index in [9.17, 15) is 9.79 Å². The van der Waals surface area contributed by atoms with E-state index in [0.717, 1.165) is 46.9 Å². The van der Waals surface area contributed by atoms with Crippen molar-refractivity contribution in [2.24, 2.45) is 9.03 Å². The van der Waals surface area contributed by atoms with E-state index in [1.54, 1.807) is 0 Å². The van der Waals surface area contributed by atoms with Gasteiger partial charge in [0, 0.05) is 21.2 Å². The molecule has 0 aliphatic carbocycles. The Labute approximate surface area is 230 Å². The summed E-state index contributed by atoms with van der Waals surface area (Å²) in [5.74, 6) is 0. The average Bonchev–Trinajstić information content (AvgIpc) is 2.98. The van der Waals surface area contributed by atoms with Crippen LogP contribution in [0.15, 0.2) is 130 Å². The van der Waals surface area contributed by atoms with E-state index in [1.807, 2.05) is 72.8 Å². The zero-order chi connectivity index (χ0) is 26.4. The van der Waals surface area contributed by atoms with Crippen LogP contribution < -0.4 is 31.0 Å². The molecule has 194 valence electrons. The van der Waals surface area contributed by atoms with Gasteiger partial charge in [0.25, 0.3) is 0 Å². The van der Waals surface area contributed by atoms with Gasteiger partial charge in [-0.05, 0) is 25.7 Å². The molecule has 0 aliphatic heterocycles. The van der Waals surface area contributed by atoms with E-state index in [-0.39, 0.29) is 0 Å². The lowest BCUT2D eigenvalue weighted by Crippen LogP contribution is -2.10. The van der Waals surface area contributed by atoms with Gasteiger partial charge < -0.3 is 9.79 Å². The summed E-state index contributed by atoms with van der Waals surface area (Å²) < 4.78 is 9.54. The van der Waals surface area contributed by atoms with Gasteiger partial charge in [-0.15, -0.1) is 0 Å². The normalized spacial score (nSPS) is 12.3. The summed E-state index contributed by atoms with van der Waals surface area (Å²) in [4.78, 5) is 25.7. The number of nitrogens with zero attached hydrogens (tertiary/aromatic N) is 2. The molecule has 4 aromatic rings. The van der Waals surface area contributed by atoms with Crippen LogP contribution >= 0.6 is 32.0 Å². The Bertz CT molecular complexity index is 1110. The van der Waals surface area contributed by atoms with E-state index in [0.29, 0.717) is 12.3 Å². The van der Waals surface area contributed by atoms with Crippen LogP contribution in [0.3, 0.4) is 0 Å². The second-order valence-corrected chi connectivity index (χ2v) is 15.8. The summed E-state index contributed by atoms with van der Waals surface area (Å²) in [6.45, 7) is 0. The number of rotatable bonds is 13. The van der Waals surface area contributed by atoms with Crippen molar-refractivity contribution in [1.29, 1.82) is 0 Å². The minimum absolute atomic E-state index is 0.595. The monoisotopic (exact) mass is 576 g/mol. The Morgan fingerprint density at radius 3 is 0.947 bits per heavy atom. The van der Waals surface area contributed by atoms with E-state index in [1.165, 1.54) is 0 Å². The Morgan fingerprint density at radius 2 is 0.684 bits per heavy atom. The molecule has 38 heavy (non-hydrogen) atoms. The fourth-order valence-corrected chi connectivity index (χ4v) is 11.3. The van der Waals surface area contributed by atoms with Gasteiger partial charge in [-0.2, -0.15) is 0 Å². The van der Waals surface area contributed by atoms with Gasteiger partial charge in [-0.3, -0.25) is 0 Å². The predicted octanol–water partition coefficient (Wildman–Crippen LogP) is 6.52. The summed E-state index contributed by atoms with van der Waals surface area (Å²) in [6, 6.07) is 40.6. The summed E-state index contributed by atoms with van der Waals surface area (Å²) in [5.41, 5.74) is 0. The molecule has 0 aliphatic rings. The molecule has 0 aromatic heterocycles. The van der Waals surface area contributed by atoms with Gasteiger partial charge >= 0.3 is 0 Å². The smallest absolute Gasteiger partial charge is 0.168 e. The summed E-state index contributed by atoms with van der Waals surface area (Å²) in [5, 5.41) is 4.48. The van der Waals surface area contributed by atoms with Gasteiger partial charge in [0.15, 0.2) is 15.9 Å². The van der Waals surface area contributed by atoms with Crippen LogP contribution in [0.2, 0.25) is 0 Å². The number of hydrogen-bond donors (Lipinski definition) is 0. The second kappa shape index (κ2) is 16.1. The molecule has 0 N–H and O–H groups in total. The van der Waals surface area contributed by atoms with Crippen molar-refractivity contribution in [2.75, 3.05) is 12.3 Å². The zero-order valence-corrected chi connectivity index (χ0v) is 24.9. The lowest BCUT2D eigenvalue weighted by Gasteiger charge is -2.11. The molecule has 0 saturated carbocycles. The molecule has 0 bridgehead atoms. The first-order chi connectivity index (χ1) is 18.7. The van der Waals surface area contributed by atoms with Gasteiger partial charge in [0.05, 0.1) is 0 Å². The first-order valence-corrected chi connectivity index (χ1v) is 18.2. The van der Waals surface area contributed by atoms with Gasteiger partial charge in [0.1, 0.15) is 28.5 Å². The molecule has 0 saturated heterocycles. The van der Waals surface area contributed by atoms with E-state index < -0.39 is 32.0 Å². The molecular weight excluding hydrogens is 544 g/mol. The fraction of sp³-hybridized carbons (Fsp3) is 0.200. The Kier molecular flexibility index (Phi) is 12.2. The first kappa shape index (κ1) is 28.9. The van der Waals surface area contributed by atoms with Gasteiger partial charge in [-0.25, -0.2) is 0 Å². The van der Waals surface area contributed by atoms with Crippen molar-refractivity contribution in [2.45, 2.75) is 25.7 Å². The lowest BCUT2D eigenvalue weighted by molar-refractivity contribution is -0.156. The molecule has 8 heteroatoms. The molecule has 4 rings (SSSR count). The van der Waals surface area contributed by atoms with Crippen molar-refractivity contribution >= 4 is 53.2 Å². The largest absolute Gasteiger partial charge is 0.612 e. The van der Waals surface area contributed by atoms with Crippen molar-refractivity contribution in [3.8, 4) is 0 Å². The topological polar surface area (TPSA) is 70.8 Å². The Balaban J connectivity index is 1.27. The minimum atomic E-state index is -1.63. The number of unbranched alkanes of at least 4 members (excludes halogenated alkanes) is 3. The molecule has 0 fully saturated rings. The predicted molar refractivity (Wildman–Crippen MR) is 165 cm³/mol. The third-order valence-corrected chi connectivity index (χ3v) is 13.4. The van der Waals surface area contributed by atoms with E-state index in [4.69, 9.17) is 9.03 Å². The van der Waals surface area contributed by atoms with Crippen molar-refractivity contribution in [3.05, 3.63) is 121 Å². The summed E-state index contributed by atoms with van der Waals surface area (Å²) in [7, 11) is -5.23. The first-order valence-electron chi connectivity index (χ1n) is 12.8. The molecular formula is C30H32N2O2P4. The molecule has 4 aromatic carbocycles. The van der Waals surface area contributed by atoms with E-state index >= 15 is 0 Å². The average molecular weight is 576 g/mol. The molecule has 2 atom stereocenters. The van der Waals surface area contributed by atoms with Crippen LogP contribution in [-0.2, 0) is 0 Å². The van der Waals surface area contributed by atoms with Crippen LogP contribution in [-0.4, -0.2) is 12.3 Å². The maximum absolute atomic E-state index is 12.9. The van der Waals surface area contributed by atoms with Crippen LogP contribution in [0.1, 0.15) is 25.7 Å². The molecule has 0 spiro atoms. The highest BCUT2D eigenvalue weighted by molar-refractivity contribution is 7.75. The van der Waals surface area contributed by atoms with Crippen molar-refractivity contribution < 1.29 is 9.79 Å². The Morgan fingerprint density at radius 1 is 0.421 bits per heavy atom. The maximum atomic E-state index is 12.9. The minimum Gasteiger partial charge on any atom is -0.612 e. The summed E-state index contributed by atoms with van der Waals surface area (Å²) >= 11 is 0. The van der Waals surface area contributed by atoms with Crippen LogP contribution in [0.5, 0.6) is 0 Å². The maximum Gasteiger partial charge on any atom is 0.168 e. The van der Waals surface area contributed by atoms with Crippen LogP contribution in [0.25, 0.3) is 0 Å². The van der Waals surface area contributed by atoms with Gasteiger partial charge in [-0.1, -0.05) is 130 Å². The Hall–Kier alpha value is -2.14. The highest BCUT2D eigenvalue weighted by Gasteiger charge is 2.18. The number of hydrogen-bond acceptors (Lipinski definition) is 4. The standard InChI is InChI=1S/C30H32N2O2P4/c33-35(31-37(27-17-7-3-8-18-27)28-19-9-4-10-20-28)25-15-1-2-16-26-36(34)32-38(29-21-11-5-12-22-29)30-23-13-6-14-24-30/h3-14,17-24H,1-2,15-16,25-26H2. The lowest BCUT2D eigenvalue weighted by atomic mass is 10.2. The number of benzene rings is 4. The van der Waals surface area contributed by atoms with Crippen molar-refractivity contribution in [1.82, 2.24) is 0 Å². The molecule has 0 amide bonds. The van der Waals surface area contributed by atoms with Gasteiger partial charge in [0.2, 0.25) is 0 Å². The van der Waals surface area contributed by atoms with Crippen molar-refractivity contribution in [3.63, 3.8) is 0 Å². The van der Waals surface area contributed by atoms with Crippen LogP contribution in [0, 0.1) is 0 Å². The zero-order valence-electron chi connectivity index (χ0n) is 21.3. The fourth-order valence-electron chi connectivity index (χ4n) is 3.92. The molecule has 4 nitrogen and oxygen atoms in total. The quantitative estimate of drug-likeness (QED) is 0.134. The van der Waals surface area contributed by atoms with Crippen LogP contribution in [0.4, 0.5) is 0 Å². The molecule has 2 unspecified atom stereocenters. The SMILES string of the molecule is [O-]/[P+](CCCCCC/[P+]([O-])=N/P(c1ccccc1)c1ccccc1)=N\P(c1ccccc1)c1ccccc1. The molecule has 0 heterocycles. The highest BCUT2D eigenvalue weighted by atomic mass is 31.2. The third kappa shape index (κ3) is 9.25. The highest BCUT2D eigenvalue weighted by Crippen LogP contribution is 2.42. The van der Waals surface area contributed by atoms with E-state index in [2.05, 4.69) is 48.5 Å². The summed E-state index contributed by atoms with van der Waals surface area (Å²) in [6.07, 6.45) is 4.83. The third-order valence-electron chi connectivity index (χ3n) is 5.83. The molecule has 0 radical (unpaired) electrons.